The molecule has 1 aromatic heterocycles. The van der Waals surface area contributed by atoms with Gasteiger partial charge in [-0.3, -0.25) is 4.98 Å². The zero-order valence-electron chi connectivity index (χ0n) is 10.7. The number of aliphatic hydroxyl groups excluding tert-OH is 1. The standard InChI is InChI=1S/C16H19NO/c1-11-13(7-9-16(11)18)10-14-8-6-12-4-2-3-5-15(12)17-14/h2-6,8,11,13,16,18H,7,9-10H2,1H3. The topological polar surface area (TPSA) is 33.1 Å². The smallest absolute Gasteiger partial charge is 0.0705 e. The van der Waals surface area contributed by atoms with Crippen molar-refractivity contribution in [3.8, 4) is 0 Å². The first kappa shape index (κ1) is 11.7. The summed E-state index contributed by atoms with van der Waals surface area (Å²) in [6, 6.07) is 12.5. The number of rotatable bonds is 2. The summed E-state index contributed by atoms with van der Waals surface area (Å²) in [6.07, 6.45) is 2.94. The molecular formula is C16H19NO. The molecular weight excluding hydrogens is 222 g/mol. The van der Waals surface area contributed by atoms with Gasteiger partial charge in [0, 0.05) is 11.1 Å². The third-order valence-electron chi connectivity index (χ3n) is 4.31. The first-order valence-corrected chi connectivity index (χ1v) is 6.77. The molecule has 1 N–H and O–H groups in total. The van der Waals surface area contributed by atoms with Crippen molar-refractivity contribution in [2.45, 2.75) is 32.3 Å². The van der Waals surface area contributed by atoms with Crippen LogP contribution in [0.3, 0.4) is 0 Å². The molecule has 1 saturated carbocycles. The Morgan fingerprint density at radius 2 is 2.00 bits per heavy atom. The van der Waals surface area contributed by atoms with Gasteiger partial charge < -0.3 is 5.11 Å². The fraction of sp³-hybridized carbons (Fsp3) is 0.438. The van der Waals surface area contributed by atoms with Crippen molar-refractivity contribution < 1.29 is 5.11 Å². The molecule has 1 heterocycles. The van der Waals surface area contributed by atoms with Crippen molar-refractivity contribution in [3.63, 3.8) is 0 Å². The Hall–Kier alpha value is -1.41. The number of para-hydroxylation sites is 1. The van der Waals surface area contributed by atoms with E-state index in [-0.39, 0.29) is 6.10 Å². The van der Waals surface area contributed by atoms with Crippen LogP contribution in [0.25, 0.3) is 10.9 Å². The van der Waals surface area contributed by atoms with Gasteiger partial charge in [0.1, 0.15) is 0 Å². The molecule has 1 fully saturated rings. The zero-order valence-corrected chi connectivity index (χ0v) is 10.7. The molecule has 0 bridgehead atoms. The lowest BCUT2D eigenvalue weighted by atomic mass is 9.92. The highest BCUT2D eigenvalue weighted by Crippen LogP contribution is 2.34. The summed E-state index contributed by atoms with van der Waals surface area (Å²) >= 11 is 0. The maximum absolute atomic E-state index is 9.80. The molecule has 94 valence electrons. The van der Waals surface area contributed by atoms with E-state index in [1.807, 2.05) is 12.1 Å². The Morgan fingerprint density at radius 1 is 1.17 bits per heavy atom. The fourth-order valence-corrected chi connectivity index (χ4v) is 3.00. The van der Waals surface area contributed by atoms with Crippen molar-refractivity contribution in [1.82, 2.24) is 4.98 Å². The van der Waals surface area contributed by atoms with Gasteiger partial charge in [0.05, 0.1) is 11.6 Å². The van der Waals surface area contributed by atoms with E-state index in [2.05, 4.69) is 31.2 Å². The molecule has 2 nitrogen and oxygen atoms in total. The lowest BCUT2D eigenvalue weighted by molar-refractivity contribution is 0.127. The minimum Gasteiger partial charge on any atom is -0.393 e. The van der Waals surface area contributed by atoms with Crippen LogP contribution in [0.2, 0.25) is 0 Å². The van der Waals surface area contributed by atoms with Gasteiger partial charge in [0.2, 0.25) is 0 Å². The van der Waals surface area contributed by atoms with Gasteiger partial charge in [-0.25, -0.2) is 0 Å². The summed E-state index contributed by atoms with van der Waals surface area (Å²) in [7, 11) is 0. The highest BCUT2D eigenvalue weighted by molar-refractivity contribution is 5.78. The van der Waals surface area contributed by atoms with Crippen LogP contribution in [-0.4, -0.2) is 16.2 Å². The van der Waals surface area contributed by atoms with Gasteiger partial charge in [-0.2, -0.15) is 0 Å². The molecule has 1 aliphatic carbocycles. The summed E-state index contributed by atoms with van der Waals surface area (Å²) in [5.74, 6) is 0.979. The van der Waals surface area contributed by atoms with E-state index in [1.165, 1.54) is 5.39 Å². The maximum atomic E-state index is 9.80. The van der Waals surface area contributed by atoms with E-state index in [4.69, 9.17) is 4.98 Å². The largest absolute Gasteiger partial charge is 0.393 e. The molecule has 0 radical (unpaired) electrons. The third-order valence-corrected chi connectivity index (χ3v) is 4.31. The molecule has 0 aliphatic heterocycles. The van der Waals surface area contributed by atoms with Gasteiger partial charge in [-0.1, -0.05) is 31.2 Å². The number of aromatic nitrogens is 1. The minimum atomic E-state index is -0.115. The Labute approximate surface area is 108 Å². The average molecular weight is 241 g/mol. The van der Waals surface area contributed by atoms with E-state index >= 15 is 0 Å². The Bertz CT molecular complexity index is 552. The molecule has 3 unspecified atom stereocenters. The van der Waals surface area contributed by atoms with Crippen molar-refractivity contribution >= 4 is 10.9 Å². The van der Waals surface area contributed by atoms with Gasteiger partial charge in [0.25, 0.3) is 0 Å². The number of nitrogens with zero attached hydrogens (tertiary/aromatic N) is 1. The quantitative estimate of drug-likeness (QED) is 0.876. The second-order valence-electron chi connectivity index (χ2n) is 5.46. The number of pyridine rings is 1. The fourth-order valence-electron chi connectivity index (χ4n) is 3.00. The lowest BCUT2D eigenvalue weighted by Crippen LogP contribution is -2.17. The summed E-state index contributed by atoms with van der Waals surface area (Å²) in [6.45, 7) is 2.16. The highest BCUT2D eigenvalue weighted by Gasteiger charge is 2.31. The monoisotopic (exact) mass is 241 g/mol. The molecule has 2 heteroatoms. The van der Waals surface area contributed by atoms with Crippen LogP contribution < -0.4 is 0 Å². The molecule has 0 saturated heterocycles. The second kappa shape index (κ2) is 4.69. The van der Waals surface area contributed by atoms with Crippen molar-refractivity contribution in [3.05, 3.63) is 42.1 Å². The van der Waals surface area contributed by atoms with Crippen LogP contribution in [0.1, 0.15) is 25.5 Å². The SMILES string of the molecule is CC1C(O)CCC1Cc1ccc2ccccc2n1. The first-order chi connectivity index (χ1) is 8.74. The van der Waals surface area contributed by atoms with Crippen LogP contribution >= 0.6 is 0 Å². The minimum absolute atomic E-state index is 0.115. The highest BCUT2D eigenvalue weighted by atomic mass is 16.3. The maximum Gasteiger partial charge on any atom is 0.0705 e. The van der Waals surface area contributed by atoms with Crippen LogP contribution in [0.5, 0.6) is 0 Å². The van der Waals surface area contributed by atoms with E-state index in [1.54, 1.807) is 0 Å². The summed E-state index contributed by atoms with van der Waals surface area (Å²) in [5, 5.41) is 11.0. The summed E-state index contributed by atoms with van der Waals surface area (Å²) < 4.78 is 0. The molecule has 3 atom stereocenters. The number of hydrogen-bond donors (Lipinski definition) is 1. The molecule has 2 aromatic rings. The van der Waals surface area contributed by atoms with Gasteiger partial charge in [-0.05, 0) is 43.2 Å². The van der Waals surface area contributed by atoms with Crippen LogP contribution in [0.4, 0.5) is 0 Å². The van der Waals surface area contributed by atoms with Crippen LogP contribution in [-0.2, 0) is 6.42 Å². The predicted octanol–water partition coefficient (Wildman–Crippen LogP) is 3.18. The molecule has 18 heavy (non-hydrogen) atoms. The first-order valence-electron chi connectivity index (χ1n) is 6.77. The molecule has 1 aromatic carbocycles. The molecule has 0 spiro atoms. The van der Waals surface area contributed by atoms with E-state index in [0.717, 1.165) is 30.5 Å². The van der Waals surface area contributed by atoms with Crippen LogP contribution in [0, 0.1) is 11.8 Å². The number of benzene rings is 1. The molecule has 3 rings (SSSR count). The van der Waals surface area contributed by atoms with Crippen LogP contribution in [0.15, 0.2) is 36.4 Å². The average Bonchev–Trinajstić information content (AvgIpc) is 2.71. The van der Waals surface area contributed by atoms with Gasteiger partial charge in [0.15, 0.2) is 0 Å². The van der Waals surface area contributed by atoms with E-state index in [9.17, 15) is 5.11 Å². The predicted molar refractivity (Wildman–Crippen MR) is 73.3 cm³/mol. The van der Waals surface area contributed by atoms with Crippen molar-refractivity contribution in [2.24, 2.45) is 11.8 Å². The van der Waals surface area contributed by atoms with Crippen molar-refractivity contribution in [2.75, 3.05) is 0 Å². The second-order valence-corrected chi connectivity index (χ2v) is 5.46. The lowest BCUT2D eigenvalue weighted by Gasteiger charge is -2.17. The summed E-state index contributed by atoms with van der Waals surface area (Å²) in [4.78, 5) is 4.72. The Morgan fingerprint density at radius 3 is 2.78 bits per heavy atom. The number of hydrogen-bond acceptors (Lipinski definition) is 2. The van der Waals surface area contributed by atoms with Crippen molar-refractivity contribution in [1.29, 1.82) is 0 Å². The van der Waals surface area contributed by atoms with E-state index in [0.29, 0.717) is 11.8 Å². The van der Waals surface area contributed by atoms with E-state index < -0.39 is 0 Å². The summed E-state index contributed by atoms with van der Waals surface area (Å²) in [5.41, 5.74) is 2.22. The number of aliphatic hydroxyl groups is 1. The molecule has 0 amide bonds. The van der Waals surface area contributed by atoms with Gasteiger partial charge in [-0.15, -0.1) is 0 Å². The zero-order chi connectivity index (χ0) is 12.5. The Balaban J connectivity index is 1.82. The Kier molecular flexibility index (Phi) is 3.04. The number of fused-ring (bicyclic) bond motifs is 1. The molecule has 1 aliphatic rings. The van der Waals surface area contributed by atoms with Gasteiger partial charge >= 0.3 is 0 Å². The normalized spacial score (nSPS) is 27.8. The third kappa shape index (κ3) is 2.13.